The van der Waals surface area contributed by atoms with Gasteiger partial charge in [0, 0.05) is 0 Å². The topological polar surface area (TPSA) is 145 Å². The van der Waals surface area contributed by atoms with Crippen molar-refractivity contribution in [2.75, 3.05) is 0 Å². The molecule has 6 nitrogen and oxygen atoms in total. The molecule has 0 aromatic heterocycles. The summed E-state index contributed by atoms with van der Waals surface area (Å²) in [7, 11) is 0. The van der Waals surface area contributed by atoms with Gasteiger partial charge >= 0.3 is 32.1 Å². The molecule has 0 radical (unpaired) electrons. The van der Waals surface area contributed by atoms with Gasteiger partial charge in [0.15, 0.2) is 0 Å². The minimum atomic E-state index is -5.52. The number of hydrogen-bond acceptors (Lipinski definition) is 4. The van der Waals surface area contributed by atoms with Gasteiger partial charge in [-0.3, -0.25) is 0 Å². The van der Waals surface area contributed by atoms with E-state index < -0.39 is 19.0 Å². The Balaban J connectivity index is -0.0000000800. The Hall–Kier alpha value is 0.230. The molecule has 0 aliphatic carbocycles. The molecule has 0 aliphatic heterocycles. The first kappa shape index (κ1) is 15.7. The second-order valence-electron chi connectivity index (χ2n) is 0.448. The molecule has 8 N–H and O–H groups in total. The van der Waals surface area contributed by atoms with Crippen molar-refractivity contribution in [3.05, 3.63) is 0 Å². The van der Waals surface area contributed by atoms with E-state index in [0.29, 0.717) is 0 Å². The van der Waals surface area contributed by atoms with E-state index in [0.717, 1.165) is 0 Å². The average molecular weight is 228 g/mol. The fourth-order valence-electron chi connectivity index (χ4n) is 0. The molecule has 0 aliphatic rings. The van der Waals surface area contributed by atoms with Crippen molar-refractivity contribution in [3.63, 3.8) is 0 Å². The van der Waals surface area contributed by atoms with Crippen LogP contribution < -0.4 is 12.3 Å². The zero-order valence-electron chi connectivity index (χ0n) is 3.53. The van der Waals surface area contributed by atoms with Crippen molar-refractivity contribution in [3.8, 4) is 0 Å². The first-order valence-corrected chi connectivity index (χ1v) is 4.69. The normalized spacial score (nSPS) is 8.29. The Morgan fingerprint density at radius 1 is 1.00 bits per heavy atom. The Morgan fingerprint density at radius 3 is 1.00 bits per heavy atom. The molecule has 0 heterocycles. The molecule has 0 aromatic carbocycles. The summed E-state index contributed by atoms with van der Waals surface area (Å²) in [6.07, 6.45) is 0. The standard InChI is InChI=1S/2H3N.H2O4Te/c;;1-5(2,3)4/h2*1H3;(H2,1,2,3,4). The van der Waals surface area contributed by atoms with Gasteiger partial charge in [-0.05, 0) is 0 Å². The van der Waals surface area contributed by atoms with E-state index in [1.807, 2.05) is 0 Å². The molecule has 0 bridgehead atoms. The van der Waals surface area contributed by atoms with Crippen LogP contribution in [0.25, 0.3) is 0 Å². The molecule has 0 atom stereocenters. The van der Waals surface area contributed by atoms with Gasteiger partial charge < -0.3 is 12.3 Å². The fourth-order valence-corrected chi connectivity index (χ4v) is 0. The molecule has 0 unspecified atom stereocenters. The molecule has 7 heavy (non-hydrogen) atoms. The fraction of sp³-hybridized carbons (Fsp3) is 0. The Morgan fingerprint density at radius 2 is 1.00 bits per heavy atom. The minimum absolute atomic E-state index is 0. The van der Waals surface area contributed by atoms with Crippen LogP contribution in [-0.2, 0) is 6.21 Å². The zero-order valence-corrected chi connectivity index (χ0v) is 5.86. The maximum absolute atomic E-state index is 8.85. The molecule has 0 saturated carbocycles. The van der Waals surface area contributed by atoms with Crippen LogP contribution in [0.2, 0.25) is 0 Å². The van der Waals surface area contributed by atoms with Gasteiger partial charge in [-0.2, -0.15) is 0 Å². The second kappa shape index (κ2) is 4.39. The van der Waals surface area contributed by atoms with Crippen LogP contribution in [-0.4, -0.2) is 25.9 Å². The van der Waals surface area contributed by atoms with Gasteiger partial charge in [-0.1, -0.05) is 0 Å². The van der Waals surface area contributed by atoms with Crippen LogP contribution in [0.1, 0.15) is 0 Å². The molecule has 0 fully saturated rings. The molecule has 0 amide bonds. The predicted octanol–water partition coefficient (Wildman–Crippen LogP) is -1.41. The van der Waals surface area contributed by atoms with E-state index in [1.165, 1.54) is 0 Å². The molecule has 0 saturated heterocycles. The van der Waals surface area contributed by atoms with Gasteiger partial charge in [0.2, 0.25) is 0 Å². The summed E-state index contributed by atoms with van der Waals surface area (Å²) in [5.74, 6) is 0. The van der Waals surface area contributed by atoms with Crippen LogP contribution in [0.3, 0.4) is 0 Å². The van der Waals surface area contributed by atoms with Crippen molar-refractivity contribution in [1.29, 1.82) is 0 Å². The summed E-state index contributed by atoms with van der Waals surface area (Å²) in [4.78, 5) is 0. The summed E-state index contributed by atoms with van der Waals surface area (Å²) >= 11 is -5.52. The van der Waals surface area contributed by atoms with E-state index in [2.05, 4.69) is 0 Å². The van der Waals surface area contributed by atoms with E-state index >= 15 is 0 Å². The number of rotatable bonds is 0. The Kier molecular flexibility index (Phi) is 9.84. The third kappa shape index (κ3) is 2110. The SMILES string of the molecule is N.N.O=[Te](=O)(O)O. The molecule has 48 valence electrons. The molecule has 0 rings (SSSR count). The van der Waals surface area contributed by atoms with Crippen LogP contribution in [0, 0.1) is 0 Å². The van der Waals surface area contributed by atoms with Crippen molar-refractivity contribution in [2.45, 2.75) is 0 Å². The summed E-state index contributed by atoms with van der Waals surface area (Å²) in [5, 5.41) is 0. The summed E-state index contributed by atoms with van der Waals surface area (Å²) in [5.41, 5.74) is 0. The van der Waals surface area contributed by atoms with Gasteiger partial charge in [-0.15, -0.1) is 0 Å². The van der Waals surface area contributed by atoms with Crippen molar-refractivity contribution in [1.82, 2.24) is 12.3 Å². The van der Waals surface area contributed by atoms with Crippen molar-refractivity contribution in [2.24, 2.45) is 0 Å². The first-order valence-electron chi connectivity index (χ1n) is 0.698. The number of hydrogen-bond donors (Lipinski definition) is 4. The van der Waals surface area contributed by atoms with E-state index in [4.69, 9.17) is 13.2 Å². The van der Waals surface area contributed by atoms with Gasteiger partial charge in [-0.25, -0.2) is 0 Å². The van der Waals surface area contributed by atoms with Crippen LogP contribution in [0.4, 0.5) is 0 Å². The second-order valence-corrected chi connectivity index (χ2v) is 3.00. The van der Waals surface area contributed by atoms with Crippen LogP contribution in [0.15, 0.2) is 0 Å². The van der Waals surface area contributed by atoms with Gasteiger partial charge in [0.05, 0.1) is 0 Å². The maximum atomic E-state index is 8.85. The Bertz CT molecular complexity index is 92.9. The van der Waals surface area contributed by atoms with Crippen LogP contribution >= 0.6 is 0 Å². The summed E-state index contributed by atoms with van der Waals surface area (Å²) in [6.45, 7) is 0. The van der Waals surface area contributed by atoms with Gasteiger partial charge in [0.25, 0.3) is 0 Å². The summed E-state index contributed by atoms with van der Waals surface area (Å²) < 4.78 is 32.0. The first-order chi connectivity index (χ1) is 2.00. The predicted molar refractivity (Wildman–Crippen MR) is 21.6 cm³/mol. The van der Waals surface area contributed by atoms with Gasteiger partial charge in [0.1, 0.15) is 0 Å². The van der Waals surface area contributed by atoms with E-state index in [9.17, 15) is 0 Å². The monoisotopic (exact) mass is 230 g/mol. The molecular formula is H8N2O4Te. The molecular weight excluding hydrogens is 220 g/mol. The third-order valence-electron chi connectivity index (χ3n) is 0. The quantitative estimate of drug-likeness (QED) is 0.374. The van der Waals surface area contributed by atoms with Crippen LogP contribution in [0.5, 0.6) is 0 Å². The van der Waals surface area contributed by atoms with E-state index in [-0.39, 0.29) is 12.3 Å². The molecule has 0 spiro atoms. The van der Waals surface area contributed by atoms with E-state index in [1.54, 1.807) is 0 Å². The zero-order chi connectivity index (χ0) is 4.50. The average Bonchev–Trinajstić information content (AvgIpc) is 0.722. The molecule has 7 heteroatoms. The van der Waals surface area contributed by atoms with Crippen molar-refractivity contribution < 1.29 is 13.2 Å². The molecule has 0 aromatic rings. The Labute approximate surface area is 45.0 Å². The third-order valence-corrected chi connectivity index (χ3v) is 0. The summed E-state index contributed by atoms with van der Waals surface area (Å²) in [6, 6.07) is 0. The van der Waals surface area contributed by atoms with Crippen molar-refractivity contribution >= 4 is 19.0 Å².